The van der Waals surface area contributed by atoms with E-state index >= 15 is 0 Å². The van der Waals surface area contributed by atoms with Gasteiger partial charge in [-0.05, 0) is 30.5 Å². The fourth-order valence-corrected chi connectivity index (χ4v) is 1.95. The molecule has 1 rings (SSSR count). The summed E-state index contributed by atoms with van der Waals surface area (Å²) in [5, 5.41) is 8.96. The van der Waals surface area contributed by atoms with E-state index in [1.54, 1.807) is 6.92 Å². The van der Waals surface area contributed by atoms with Crippen molar-refractivity contribution >= 4 is 22.1 Å². The number of ether oxygens (including phenoxy) is 1. The van der Waals surface area contributed by atoms with Crippen LogP contribution in [-0.2, 0) is 14.9 Å². The maximum Gasteiger partial charge on any atom is 0.338 e. The van der Waals surface area contributed by atoms with Gasteiger partial charge in [-0.2, -0.15) is 8.42 Å². The van der Waals surface area contributed by atoms with Crippen LogP contribution in [0.15, 0.2) is 23.1 Å². The Bertz CT molecular complexity index is 698. The minimum Gasteiger partial charge on any atom is -0.478 e. The van der Waals surface area contributed by atoms with Gasteiger partial charge in [-0.15, -0.1) is 0 Å². The number of aromatic carboxylic acids is 1. The van der Waals surface area contributed by atoms with Crippen molar-refractivity contribution in [1.29, 1.82) is 0 Å². The predicted molar refractivity (Wildman–Crippen MR) is 77.5 cm³/mol. The molecule has 0 aromatic heterocycles. The normalized spacial score (nSPS) is 13.5. The van der Waals surface area contributed by atoms with Crippen LogP contribution in [0.25, 0.3) is 0 Å². The van der Waals surface area contributed by atoms with E-state index in [4.69, 9.17) is 14.4 Å². The van der Waals surface area contributed by atoms with Gasteiger partial charge in [0, 0.05) is 0 Å². The molecule has 7 nitrogen and oxygen atoms in total. The van der Waals surface area contributed by atoms with Crippen molar-refractivity contribution in [2.45, 2.75) is 38.7 Å². The molecule has 0 heterocycles. The lowest BCUT2D eigenvalue weighted by Gasteiger charge is -2.26. The second-order valence-corrected chi connectivity index (χ2v) is 7.36. The molecule has 1 unspecified atom stereocenters. The summed E-state index contributed by atoms with van der Waals surface area (Å²) < 4.78 is 36.6. The van der Waals surface area contributed by atoms with Gasteiger partial charge >= 0.3 is 11.9 Å². The molecule has 0 aliphatic heterocycles. The van der Waals surface area contributed by atoms with Gasteiger partial charge in [-0.25, -0.2) is 9.59 Å². The van der Waals surface area contributed by atoms with Crippen LogP contribution in [0.3, 0.4) is 0 Å². The van der Waals surface area contributed by atoms with Gasteiger partial charge in [0.05, 0.1) is 16.0 Å². The zero-order valence-electron chi connectivity index (χ0n) is 12.7. The number of carboxylic acid groups (broad SMARTS) is 1. The number of rotatable bonds is 4. The van der Waals surface area contributed by atoms with Gasteiger partial charge in [0.2, 0.25) is 0 Å². The Morgan fingerprint density at radius 2 is 1.64 bits per heavy atom. The first kappa shape index (κ1) is 18.1. The molecule has 0 aliphatic carbocycles. The Morgan fingerprint density at radius 3 is 2.05 bits per heavy atom. The molecule has 0 radical (unpaired) electrons. The van der Waals surface area contributed by atoms with Crippen molar-refractivity contribution in [3.63, 3.8) is 0 Å². The number of benzene rings is 1. The Labute approximate surface area is 128 Å². The SMILES string of the molecule is CC(OC(=O)c1cc(C(=O)O)cc(S(=O)(=O)O)c1)C(C)(C)C. The molecule has 0 spiro atoms. The van der Waals surface area contributed by atoms with Gasteiger partial charge in [0.1, 0.15) is 6.10 Å². The third kappa shape index (κ3) is 4.54. The number of hydrogen-bond acceptors (Lipinski definition) is 5. The highest BCUT2D eigenvalue weighted by Gasteiger charge is 2.26. The van der Waals surface area contributed by atoms with Crippen LogP contribution < -0.4 is 0 Å². The fourth-order valence-electron chi connectivity index (χ4n) is 1.39. The van der Waals surface area contributed by atoms with Crippen LogP contribution in [0.1, 0.15) is 48.4 Å². The van der Waals surface area contributed by atoms with Crippen LogP contribution >= 0.6 is 0 Å². The van der Waals surface area contributed by atoms with E-state index in [9.17, 15) is 18.0 Å². The van der Waals surface area contributed by atoms with Crippen LogP contribution in [0.5, 0.6) is 0 Å². The summed E-state index contributed by atoms with van der Waals surface area (Å²) in [7, 11) is -4.64. The number of carbonyl (C=O) groups is 2. The zero-order valence-corrected chi connectivity index (χ0v) is 13.5. The Morgan fingerprint density at radius 1 is 1.14 bits per heavy atom. The Kier molecular flexibility index (Phi) is 4.99. The molecule has 8 heteroatoms. The number of carbonyl (C=O) groups excluding carboxylic acids is 1. The van der Waals surface area contributed by atoms with Crippen molar-refractivity contribution in [2.75, 3.05) is 0 Å². The standard InChI is InChI=1S/C14H18O7S/c1-8(14(2,3)4)21-13(17)10-5-9(12(15)16)6-11(7-10)22(18,19)20/h5-8H,1-4H3,(H,15,16)(H,18,19,20). The van der Waals surface area contributed by atoms with E-state index in [1.165, 1.54) is 0 Å². The lowest BCUT2D eigenvalue weighted by molar-refractivity contribution is 0.00477. The second kappa shape index (κ2) is 6.05. The molecule has 2 N–H and O–H groups in total. The second-order valence-electron chi connectivity index (χ2n) is 5.94. The molecule has 1 atom stereocenters. The summed E-state index contributed by atoms with van der Waals surface area (Å²) in [6.07, 6.45) is -0.484. The first-order valence-corrected chi connectivity index (χ1v) is 7.83. The molecule has 0 fully saturated rings. The molecule has 1 aromatic carbocycles. The molecular formula is C14H18O7S. The van der Waals surface area contributed by atoms with Gasteiger partial charge in [0.25, 0.3) is 10.1 Å². The zero-order chi connectivity index (χ0) is 17.3. The van der Waals surface area contributed by atoms with Crippen LogP contribution in [-0.4, -0.2) is 36.1 Å². The third-order valence-electron chi connectivity index (χ3n) is 3.19. The van der Waals surface area contributed by atoms with Crippen molar-refractivity contribution < 1.29 is 32.4 Å². The van der Waals surface area contributed by atoms with E-state index in [0.29, 0.717) is 0 Å². The lowest BCUT2D eigenvalue weighted by Crippen LogP contribution is -2.28. The van der Waals surface area contributed by atoms with Crippen LogP contribution in [0.2, 0.25) is 0 Å². The fraction of sp³-hybridized carbons (Fsp3) is 0.429. The monoisotopic (exact) mass is 330 g/mol. The minimum absolute atomic E-state index is 0.261. The van der Waals surface area contributed by atoms with Crippen LogP contribution in [0.4, 0.5) is 0 Å². The molecule has 22 heavy (non-hydrogen) atoms. The quantitative estimate of drug-likeness (QED) is 0.642. The van der Waals surface area contributed by atoms with Gasteiger partial charge < -0.3 is 9.84 Å². The Hall–Kier alpha value is -1.93. The van der Waals surface area contributed by atoms with Crippen molar-refractivity contribution in [1.82, 2.24) is 0 Å². The maximum atomic E-state index is 12.1. The Balaban J connectivity index is 3.27. The van der Waals surface area contributed by atoms with E-state index in [0.717, 1.165) is 18.2 Å². The largest absolute Gasteiger partial charge is 0.478 e. The summed E-state index contributed by atoms with van der Waals surface area (Å²) in [4.78, 5) is 22.4. The van der Waals surface area contributed by atoms with E-state index in [-0.39, 0.29) is 11.0 Å². The molecule has 0 amide bonds. The molecule has 122 valence electrons. The highest BCUT2D eigenvalue weighted by Crippen LogP contribution is 2.24. The first-order valence-electron chi connectivity index (χ1n) is 6.39. The van der Waals surface area contributed by atoms with Gasteiger partial charge in [-0.3, -0.25) is 4.55 Å². The van der Waals surface area contributed by atoms with Gasteiger partial charge in [0.15, 0.2) is 0 Å². The highest BCUT2D eigenvalue weighted by molar-refractivity contribution is 7.85. The average molecular weight is 330 g/mol. The lowest BCUT2D eigenvalue weighted by atomic mass is 9.90. The molecule has 0 saturated heterocycles. The summed E-state index contributed by atoms with van der Waals surface area (Å²) in [5.74, 6) is -2.29. The van der Waals surface area contributed by atoms with Gasteiger partial charge in [-0.1, -0.05) is 20.8 Å². The molecule has 0 bridgehead atoms. The summed E-state index contributed by atoms with van der Waals surface area (Å²) in [6, 6.07) is 2.63. The number of hydrogen-bond donors (Lipinski definition) is 2. The minimum atomic E-state index is -4.64. The molecule has 0 aliphatic rings. The molecule has 1 aromatic rings. The topological polar surface area (TPSA) is 118 Å². The number of carboxylic acids is 1. The predicted octanol–water partition coefficient (Wildman–Crippen LogP) is 2.22. The smallest absolute Gasteiger partial charge is 0.338 e. The van der Waals surface area contributed by atoms with Crippen molar-refractivity contribution in [3.05, 3.63) is 29.3 Å². The summed E-state index contributed by atoms with van der Waals surface area (Å²) in [6.45, 7) is 7.22. The summed E-state index contributed by atoms with van der Waals surface area (Å²) >= 11 is 0. The average Bonchev–Trinajstić information content (AvgIpc) is 2.35. The molecular weight excluding hydrogens is 312 g/mol. The van der Waals surface area contributed by atoms with E-state index in [2.05, 4.69) is 0 Å². The van der Waals surface area contributed by atoms with E-state index < -0.39 is 38.6 Å². The van der Waals surface area contributed by atoms with Crippen LogP contribution in [0, 0.1) is 5.41 Å². The number of esters is 1. The van der Waals surface area contributed by atoms with Crippen molar-refractivity contribution in [2.24, 2.45) is 5.41 Å². The third-order valence-corrected chi connectivity index (χ3v) is 4.02. The molecule has 0 saturated carbocycles. The highest BCUT2D eigenvalue weighted by atomic mass is 32.2. The summed E-state index contributed by atoms with van der Waals surface area (Å²) in [5.41, 5.74) is -1.04. The maximum absolute atomic E-state index is 12.1. The van der Waals surface area contributed by atoms with Crippen molar-refractivity contribution in [3.8, 4) is 0 Å². The first-order chi connectivity index (χ1) is 9.82. The van der Waals surface area contributed by atoms with E-state index in [1.807, 2.05) is 20.8 Å².